The normalized spacial score (nSPS) is 31.1. The quantitative estimate of drug-likeness (QED) is 0.562. The molecule has 1 saturated heterocycles. The van der Waals surface area contributed by atoms with Crippen molar-refractivity contribution in [2.45, 2.75) is 13.3 Å². The summed E-state index contributed by atoms with van der Waals surface area (Å²) in [7, 11) is -0.700. The summed E-state index contributed by atoms with van der Waals surface area (Å²) in [6, 6.07) is 0. The van der Waals surface area contributed by atoms with E-state index in [1.807, 2.05) is 13.0 Å². The molecule has 0 radical (unpaired) electrons. The lowest BCUT2D eigenvalue weighted by Gasteiger charge is -2.13. The molecule has 3 heteroatoms. The maximum absolute atomic E-state index is 11.0. The van der Waals surface area contributed by atoms with E-state index in [-0.39, 0.29) is 0 Å². The van der Waals surface area contributed by atoms with Crippen LogP contribution in [0.25, 0.3) is 0 Å². The summed E-state index contributed by atoms with van der Waals surface area (Å²) in [5, 5.41) is 7.43. The Morgan fingerprint density at radius 3 is 2.90 bits per heavy atom. The number of nitrogens with one attached hydrogen (secondary N) is 1. The zero-order valence-corrected chi connectivity index (χ0v) is 6.83. The third kappa shape index (κ3) is 1.53. The highest BCUT2D eigenvalue weighted by Crippen LogP contribution is 2.10. The van der Waals surface area contributed by atoms with Crippen LogP contribution in [0.15, 0.2) is 11.6 Å². The monoisotopic (exact) mass is 157 g/mol. The Morgan fingerprint density at radius 2 is 2.40 bits per heavy atom. The molecule has 1 unspecified atom stereocenters. The van der Waals surface area contributed by atoms with Gasteiger partial charge in [-0.15, -0.1) is 0 Å². The van der Waals surface area contributed by atoms with Gasteiger partial charge in [-0.25, -0.2) is 0 Å². The Kier molecular flexibility index (Phi) is 2.38. The van der Waals surface area contributed by atoms with Crippen molar-refractivity contribution in [1.82, 2.24) is 0 Å². The highest BCUT2D eigenvalue weighted by atomic mass is 32.2. The van der Waals surface area contributed by atoms with Gasteiger partial charge in [-0.1, -0.05) is 6.08 Å². The predicted molar refractivity (Wildman–Crippen MR) is 44.0 cm³/mol. The van der Waals surface area contributed by atoms with E-state index in [9.17, 15) is 4.21 Å². The molecule has 1 N–H and O–H groups in total. The molecule has 1 aliphatic heterocycles. The maximum atomic E-state index is 11.0. The molecule has 1 atom stereocenters. The molecule has 0 aromatic carbocycles. The second-order valence-electron chi connectivity index (χ2n) is 2.33. The fourth-order valence-electron chi connectivity index (χ4n) is 0.967. The fraction of sp³-hybridized carbons (Fsp3) is 0.571. The fourth-order valence-corrected chi connectivity index (χ4v) is 2.23. The van der Waals surface area contributed by atoms with Gasteiger partial charge in [0.05, 0.1) is 0 Å². The molecule has 0 aromatic heterocycles. The summed E-state index contributed by atoms with van der Waals surface area (Å²) in [4.78, 5) is 0. The minimum absolute atomic E-state index is 0.593. The SMILES string of the molecule is C/C=C1\CS(=O)CCC1=N. The molecule has 0 spiro atoms. The average molecular weight is 157 g/mol. The van der Waals surface area contributed by atoms with E-state index in [1.165, 1.54) is 0 Å². The van der Waals surface area contributed by atoms with E-state index in [0.29, 0.717) is 23.6 Å². The van der Waals surface area contributed by atoms with Crippen molar-refractivity contribution in [1.29, 1.82) is 5.41 Å². The Morgan fingerprint density at radius 1 is 1.70 bits per heavy atom. The molecule has 0 amide bonds. The van der Waals surface area contributed by atoms with Gasteiger partial charge in [0.25, 0.3) is 0 Å². The highest BCUT2D eigenvalue weighted by Gasteiger charge is 2.15. The average Bonchev–Trinajstić information content (AvgIpc) is 1.94. The first-order valence-corrected chi connectivity index (χ1v) is 4.81. The van der Waals surface area contributed by atoms with Crippen LogP contribution in [0.5, 0.6) is 0 Å². The lowest BCUT2D eigenvalue weighted by Crippen LogP contribution is -2.20. The minimum Gasteiger partial charge on any atom is -0.305 e. The van der Waals surface area contributed by atoms with Crippen LogP contribution in [0.1, 0.15) is 13.3 Å². The molecule has 1 heterocycles. The van der Waals surface area contributed by atoms with Crippen LogP contribution in [-0.4, -0.2) is 21.4 Å². The molecule has 0 aromatic rings. The van der Waals surface area contributed by atoms with Crippen LogP contribution in [0.2, 0.25) is 0 Å². The summed E-state index contributed by atoms with van der Waals surface area (Å²) < 4.78 is 11.0. The third-order valence-electron chi connectivity index (χ3n) is 1.63. The molecule has 10 heavy (non-hydrogen) atoms. The lowest BCUT2D eigenvalue weighted by molar-refractivity contribution is 0.683. The first kappa shape index (κ1) is 7.66. The second kappa shape index (κ2) is 3.10. The maximum Gasteiger partial charge on any atom is 0.0500 e. The van der Waals surface area contributed by atoms with Gasteiger partial charge in [-0.2, -0.15) is 0 Å². The number of rotatable bonds is 0. The van der Waals surface area contributed by atoms with Crippen LogP contribution in [0.3, 0.4) is 0 Å². The Labute approximate surface area is 63.3 Å². The van der Waals surface area contributed by atoms with Crippen molar-refractivity contribution in [3.8, 4) is 0 Å². The molecule has 2 nitrogen and oxygen atoms in total. The van der Waals surface area contributed by atoms with E-state index in [0.717, 1.165) is 5.57 Å². The van der Waals surface area contributed by atoms with Crippen molar-refractivity contribution in [2.24, 2.45) is 0 Å². The molecule has 1 rings (SSSR count). The molecule has 0 saturated carbocycles. The van der Waals surface area contributed by atoms with Crippen molar-refractivity contribution in [3.63, 3.8) is 0 Å². The molecule has 0 aliphatic carbocycles. The van der Waals surface area contributed by atoms with Gasteiger partial charge in [-0.05, 0) is 12.5 Å². The summed E-state index contributed by atoms with van der Waals surface area (Å²) in [6.45, 7) is 1.90. The van der Waals surface area contributed by atoms with E-state index in [1.54, 1.807) is 0 Å². The summed E-state index contributed by atoms with van der Waals surface area (Å²) in [5.41, 5.74) is 1.63. The molecule has 1 fully saturated rings. The Balaban J connectivity index is 2.72. The summed E-state index contributed by atoms with van der Waals surface area (Å²) >= 11 is 0. The zero-order chi connectivity index (χ0) is 7.56. The standard InChI is InChI=1S/C7H11NOS/c1-2-6-5-10(9)4-3-7(6)8/h2,8H,3-5H2,1H3/b6-2+,8-7?. The van der Waals surface area contributed by atoms with Gasteiger partial charge in [0.15, 0.2) is 0 Å². The van der Waals surface area contributed by atoms with Crippen molar-refractivity contribution in [3.05, 3.63) is 11.6 Å². The molecular weight excluding hydrogens is 146 g/mol. The number of hydrogen-bond donors (Lipinski definition) is 1. The smallest absolute Gasteiger partial charge is 0.0500 e. The number of allylic oxidation sites excluding steroid dienone is 1. The van der Waals surface area contributed by atoms with E-state index in [2.05, 4.69) is 0 Å². The highest BCUT2D eigenvalue weighted by molar-refractivity contribution is 7.85. The number of hydrogen-bond acceptors (Lipinski definition) is 2. The van der Waals surface area contributed by atoms with Crippen LogP contribution in [0, 0.1) is 5.41 Å². The van der Waals surface area contributed by atoms with Crippen LogP contribution < -0.4 is 0 Å². The first-order chi connectivity index (χ1) is 4.74. The third-order valence-corrected chi connectivity index (χ3v) is 2.92. The van der Waals surface area contributed by atoms with Gasteiger partial charge in [0.2, 0.25) is 0 Å². The molecular formula is C7H11NOS. The Bertz CT molecular complexity index is 208. The van der Waals surface area contributed by atoms with E-state index < -0.39 is 10.8 Å². The lowest BCUT2D eigenvalue weighted by atomic mass is 10.1. The summed E-state index contributed by atoms with van der Waals surface area (Å²) in [5.74, 6) is 1.27. The van der Waals surface area contributed by atoms with Crippen molar-refractivity contribution >= 4 is 16.5 Å². The van der Waals surface area contributed by atoms with Gasteiger partial charge in [0, 0.05) is 34.4 Å². The first-order valence-electron chi connectivity index (χ1n) is 3.32. The van der Waals surface area contributed by atoms with Crippen molar-refractivity contribution < 1.29 is 4.21 Å². The van der Waals surface area contributed by atoms with Gasteiger partial charge < -0.3 is 5.41 Å². The predicted octanol–water partition coefficient (Wildman–Crippen LogP) is 1.10. The van der Waals surface area contributed by atoms with E-state index in [4.69, 9.17) is 5.41 Å². The second-order valence-corrected chi connectivity index (χ2v) is 3.91. The van der Waals surface area contributed by atoms with Gasteiger partial charge >= 0.3 is 0 Å². The van der Waals surface area contributed by atoms with Crippen LogP contribution in [-0.2, 0) is 10.8 Å². The molecule has 0 bridgehead atoms. The summed E-state index contributed by atoms with van der Waals surface area (Å²) in [6.07, 6.45) is 2.58. The zero-order valence-electron chi connectivity index (χ0n) is 6.02. The molecule has 1 aliphatic rings. The van der Waals surface area contributed by atoms with Crippen LogP contribution >= 0.6 is 0 Å². The van der Waals surface area contributed by atoms with Gasteiger partial charge in [-0.3, -0.25) is 4.21 Å². The largest absolute Gasteiger partial charge is 0.305 e. The topological polar surface area (TPSA) is 40.9 Å². The minimum atomic E-state index is -0.700. The van der Waals surface area contributed by atoms with Gasteiger partial charge in [0.1, 0.15) is 0 Å². The Hall–Kier alpha value is -0.440. The van der Waals surface area contributed by atoms with E-state index >= 15 is 0 Å². The molecule has 56 valence electrons. The van der Waals surface area contributed by atoms with Crippen LogP contribution in [0.4, 0.5) is 0 Å². The van der Waals surface area contributed by atoms with Crippen molar-refractivity contribution in [2.75, 3.05) is 11.5 Å².